The molecule has 0 atom stereocenters. The van der Waals surface area contributed by atoms with Gasteiger partial charge in [0.25, 0.3) is 0 Å². The van der Waals surface area contributed by atoms with Gasteiger partial charge in [0.2, 0.25) is 0 Å². The van der Waals surface area contributed by atoms with E-state index in [1.807, 2.05) is 0 Å². The predicted molar refractivity (Wildman–Crippen MR) is 52.6 cm³/mol. The number of nitrogens with zero attached hydrogens (tertiary/aromatic N) is 2. The van der Waals surface area contributed by atoms with Crippen LogP contribution in [-0.2, 0) is 9.53 Å². The Morgan fingerprint density at radius 3 is 2.77 bits per heavy atom. The number of ether oxygens (including phenoxy) is 1. The topological polar surface area (TPSA) is 41.9 Å². The zero-order valence-corrected chi connectivity index (χ0v) is 8.41. The monoisotopic (exact) mass is 184 g/mol. The van der Waals surface area contributed by atoms with Crippen LogP contribution in [0.2, 0.25) is 0 Å². The lowest BCUT2D eigenvalue weighted by Gasteiger charge is -2.10. The molecule has 4 heteroatoms. The van der Waals surface area contributed by atoms with E-state index < -0.39 is 0 Å². The smallest absolute Gasteiger partial charge is 0.354 e. The van der Waals surface area contributed by atoms with Gasteiger partial charge in [-0.3, -0.25) is 5.01 Å². The standard InChI is InChI=1S/C9H16N2O2/c1-5-7-11(4)10-8(3)9(12)13-6-2/h5H,1,6-7H2,2-4H3/b10-8+. The molecule has 0 rings (SSSR count). The Labute approximate surface area is 78.9 Å². The molecule has 0 aromatic heterocycles. The summed E-state index contributed by atoms with van der Waals surface area (Å²) in [5.74, 6) is -0.376. The Bertz CT molecular complexity index is 212. The third kappa shape index (κ3) is 5.00. The average Bonchev–Trinajstić information content (AvgIpc) is 2.05. The number of likely N-dealkylation sites (N-methyl/N-ethyl adjacent to an activating group) is 1. The van der Waals surface area contributed by atoms with Gasteiger partial charge in [-0.15, -0.1) is 6.58 Å². The third-order valence-corrected chi connectivity index (χ3v) is 1.28. The summed E-state index contributed by atoms with van der Waals surface area (Å²) in [7, 11) is 1.77. The number of hydrogen-bond donors (Lipinski definition) is 0. The van der Waals surface area contributed by atoms with Gasteiger partial charge in [0.05, 0.1) is 13.2 Å². The van der Waals surface area contributed by atoms with Crippen LogP contribution in [0.15, 0.2) is 17.8 Å². The van der Waals surface area contributed by atoms with Crippen LogP contribution in [-0.4, -0.2) is 36.9 Å². The van der Waals surface area contributed by atoms with Crippen molar-refractivity contribution in [2.45, 2.75) is 13.8 Å². The quantitative estimate of drug-likeness (QED) is 0.277. The van der Waals surface area contributed by atoms with Gasteiger partial charge in [-0.05, 0) is 13.8 Å². The molecule has 0 amide bonds. The second-order valence-corrected chi connectivity index (χ2v) is 2.53. The van der Waals surface area contributed by atoms with Crippen LogP contribution in [0.4, 0.5) is 0 Å². The number of hydrazone groups is 1. The lowest BCUT2D eigenvalue weighted by molar-refractivity contribution is -0.135. The summed E-state index contributed by atoms with van der Waals surface area (Å²) in [5, 5.41) is 5.61. The van der Waals surface area contributed by atoms with E-state index in [4.69, 9.17) is 4.74 Å². The first kappa shape index (κ1) is 11.7. The Hall–Kier alpha value is -1.32. The number of rotatable bonds is 5. The van der Waals surface area contributed by atoms with Crippen molar-refractivity contribution in [3.05, 3.63) is 12.7 Å². The first-order chi connectivity index (χ1) is 6.11. The molecular formula is C9H16N2O2. The number of carbonyl (C=O) groups excluding carboxylic acids is 1. The minimum absolute atomic E-state index is 0.353. The summed E-state index contributed by atoms with van der Waals surface area (Å²) in [6, 6.07) is 0. The van der Waals surface area contributed by atoms with Crippen LogP contribution in [0.5, 0.6) is 0 Å². The van der Waals surface area contributed by atoms with Crippen LogP contribution in [0.3, 0.4) is 0 Å². The van der Waals surface area contributed by atoms with E-state index in [9.17, 15) is 4.79 Å². The fourth-order valence-corrected chi connectivity index (χ4v) is 0.760. The Morgan fingerprint density at radius 2 is 2.31 bits per heavy atom. The molecule has 0 aromatic rings. The summed E-state index contributed by atoms with van der Waals surface area (Å²) in [5.41, 5.74) is 0.353. The van der Waals surface area contributed by atoms with Crippen molar-refractivity contribution in [1.82, 2.24) is 5.01 Å². The van der Waals surface area contributed by atoms with Gasteiger partial charge in [-0.1, -0.05) is 6.08 Å². The maximum atomic E-state index is 11.1. The summed E-state index contributed by atoms with van der Waals surface area (Å²) in [4.78, 5) is 11.1. The van der Waals surface area contributed by atoms with Crippen molar-refractivity contribution in [3.8, 4) is 0 Å². The lowest BCUT2D eigenvalue weighted by Crippen LogP contribution is -2.20. The normalized spacial score (nSPS) is 10.8. The molecule has 0 radical (unpaired) electrons. The molecule has 0 N–H and O–H groups in total. The largest absolute Gasteiger partial charge is 0.461 e. The second-order valence-electron chi connectivity index (χ2n) is 2.53. The van der Waals surface area contributed by atoms with E-state index in [2.05, 4.69) is 11.7 Å². The van der Waals surface area contributed by atoms with Crippen LogP contribution in [0.25, 0.3) is 0 Å². The zero-order valence-electron chi connectivity index (χ0n) is 8.41. The van der Waals surface area contributed by atoms with Crippen molar-refractivity contribution in [3.63, 3.8) is 0 Å². The first-order valence-corrected chi connectivity index (χ1v) is 4.16. The lowest BCUT2D eigenvalue weighted by atomic mass is 10.4. The van der Waals surface area contributed by atoms with E-state index in [-0.39, 0.29) is 5.97 Å². The highest BCUT2D eigenvalue weighted by atomic mass is 16.5. The Morgan fingerprint density at radius 1 is 1.69 bits per heavy atom. The molecule has 0 saturated heterocycles. The first-order valence-electron chi connectivity index (χ1n) is 4.16. The molecule has 0 heterocycles. The predicted octanol–water partition coefficient (Wildman–Crippen LogP) is 1.04. The van der Waals surface area contributed by atoms with Gasteiger partial charge in [0.1, 0.15) is 5.71 Å². The van der Waals surface area contributed by atoms with Crippen molar-refractivity contribution >= 4 is 11.7 Å². The summed E-state index contributed by atoms with van der Waals surface area (Å²) in [6.45, 7) is 7.93. The second kappa shape index (κ2) is 6.22. The highest BCUT2D eigenvalue weighted by Crippen LogP contribution is 1.89. The summed E-state index contributed by atoms with van der Waals surface area (Å²) in [6.07, 6.45) is 1.71. The highest BCUT2D eigenvalue weighted by Gasteiger charge is 2.06. The van der Waals surface area contributed by atoms with E-state index in [1.54, 1.807) is 32.0 Å². The van der Waals surface area contributed by atoms with Crippen LogP contribution < -0.4 is 0 Å². The van der Waals surface area contributed by atoms with Gasteiger partial charge in [-0.2, -0.15) is 5.10 Å². The SMILES string of the molecule is C=CCN(C)/N=C(\C)C(=O)OCC. The van der Waals surface area contributed by atoms with Gasteiger partial charge in [0.15, 0.2) is 0 Å². The van der Waals surface area contributed by atoms with Crippen LogP contribution >= 0.6 is 0 Å². The molecule has 0 bridgehead atoms. The summed E-state index contributed by atoms with van der Waals surface area (Å²) >= 11 is 0. The molecule has 0 aliphatic carbocycles. The fourth-order valence-electron chi connectivity index (χ4n) is 0.760. The minimum atomic E-state index is -0.376. The molecular weight excluding hydrogens is 168 g/mol. The van der Waals surface area contributed by atoms with E-state index in [1.165, 1.54) is 0 Å². The highest BCUT2D eigenvalue weighted by molar-refractivity contribution is 6.35. The Kier molecular flexibility index (Phi) is 5.59. The van der Waals surface area contributed by atoms with Crippen LogP contribution in [0.1, 0.15) is 13.8 Å². The zero-order chi connectivity index (χ0) is 10.3. The minimum Gasteiger partial charge on any atom is -0.461 e. The molecule has 0 aromatic carbocycles. The molecule has 74 valence electrons. The number of esters is 1. The summed E-state index contributed by atoms with van der Waals surface area (Å²) < 4.78 is 4.76. The maximum Gasteiger partial charge on any atom is 0.354 e. The maximum absolute atomic E-state index is 11.1. The molecule has 4 nitrogen and oxygen atoms in total. The van der Waals surface area contributed by atoms with Crippen molar-refractivity contribution in [2.24, 2.45) is 5.10 Å². The number of carbonyl (C=O) groups is 1. The number of hydrogen-bond acceptors (Lipinski definition) is 4. The van der Waals surface area contributed by atoms with E-state index in [0.29, 0.717) is 18.9 Å². The fraction of sp³-hybridized carbons (Fsp3) is 0.556. The van der Waals surface area contributed by atoms with Gasteiger partial charge in [-0.25, -0.2) is 4.79 Å². The van der Waals surface area contributed by atoms with Crippen molar-refractivity contribution in [2.75, 3.05) is 20.2 Å². The third-order valence-electron chi connectivity index (χ3n) is 1.28. The Balaban J connectivity index is 4.13. The molecule has 0 spiro atoms. The van der Waals surface area contributed by atoms with Gasteiger partial charge in [0, 0.05) is 7.05 Å². The molecule has 0 aliphatic heterocycles. The average molecular weight is 184 g/mol. The van der Waals surface area contributed by atoms with Crippen molar-refractivity contribution in [1.29, 1.82) is 0 Å². The molecule has 0 aliphatic rings. The van der Waals surface area contributed by atoms with E-state index >= 15 is 0 Å². The van der Waals surface area contributed by atoms with Gasteiger partial charge < -0.3 is 4.74 Å². The van der Waals surface area contributed by atoms with Crippen molar-refractivity contribution < 1.29 is 9.53 Å². The molecule has 0 saturated carbocycles. The molecule has 0 unspecified atom stereocenters. The van der Waals surface area contributed by atoms with E-state index in [0.717, 1.165) is 0 Å². The van der Waals surface area contributed by atoms with Crippen LogP contribution in [0, 0.1) is 0 Å². The molecule has 0 fully saturated rings. The van der Waals surface area contributed by atoms with Gasteiger partial charge >= 0.3 is 5.97 Å². The molecule has 13 heavy (non-hydrogen) atoms.